The third kappa shape index (κ3) is 3.43. The molecule has 0 amide bonds. The SMILES string of the molecule is COc1cccc(CN2CCC(C(C)N)CC2)n1. The van der Waals surface area contributed by atoms with E-state index in [1.807, 2.05) is 12.1 Å². The summed E-state index contributed by atoms with van der Waals surface area (Å²) >= 11 is 0. The second kappa shape index (κ2) is 6.16. The van der Waals surface area contributed by atoms with Crippen LogP contribution in [0.5, 0.6) is 5.88 Å². The number of piperidine rings is 1. The molecule has 4 heteroatoms. The van der Waals surface area contributed by atoms with Crippen molar-refractivity contribution in [1.82, 2.24) is 9.88 Å². The van der Waals surface area contributed by atoms with E-state index in [2.05, 4.69) is 22.9 Å². The van der Waals surface area contributed by atoms with Gasteiger partial charge in [0.15, 0.2) is 0 Å². The summed E-state index contributed by atoms with van der Waals surface area (Å²) in [6, 6.07) is 6.25. The van der Waals surface area contributed by atoms with Gasteiger partial charge in [0, 0.05) is 18.7 Å². The van der Waals surface area contributed by atoms with E-state index in [1.165, 1.54) is 12.8 Å². The fourth-order valence-electron chi connectivity index (χ4n) is 2.53. The van der Waals surface area contributed by atoms with E-state index in [-0.39, 0.29) is 0 Å². The minimum absolute atomic E-state index is 0.321. The van der Waals surface area contributed by atoms with Crippen molar-refractivity contribution in [3.63, 3.8) is 0 Å². The molecule has 0 radical (unpaired) electrons. The average molecular weight is 249 g/mol. The number of nitrogens with zero attached hydrogens (tertiary/aromatic N) is 2. The molecule has 0 spiro atoms. The number of pyridine rings is 1. The zero-order valence-corrected chi connectivity index (χ0v) is 11.3. The fourth-order valence-corrected chi connectivity index (χ4v) is 2.53. The largest absolute Gasteiger partial charge is 0.481 e. The second-order valence-corrected chi connectivity index (χ2v) is 5.14. The van der Waals surface area contributed by atoms with E-state index >= 15 is 0 Å². The van der Waals surface area contributed by atoms with Gasteiger partial charge in [-0.2, -0.15) is 0 Å². The summed E-state index contributed by atoms with van der Waals surface area (Å²) in [5, 5.41) is 0. The Bertz CT molecular complexity index is 373. The Kier molecular flexibility index (Phi) is 4.55. The van der Waals surface area contributed by atoms with Gasteiger partial charge in [-0.3, -0.25) is 4.90 Å². The molecule has 1 saturated heterocycles. The van der Waals surface area contributed by atoms with Crippen molar-refractivity contribution in [2.45, 2.75) is 32.4 Å². The van der Waals surface area contributed by atoms with Gasteiger partial charge in [-0.1, -0.05) is 6.07 Å². The Labute approximate surface area is 109 Å². The summed E-state index contributed by atoms with van der Waals surface area (Å²) in [6.07, 6.45) is 2.39. The third-order valence-electron chi connectivity index (χ3n) is 3.75. The number of nitrogens with two attached hydrogens (primary N) is 1. The second-order valence-electron chi connectivity index (χ2n) is 5.14. The quantitative estimate of drug-likeness (QED) is 0.881. The highest BCUT2D eigenvalue weighted by Gasteiger charge is 2.21. The lowest BCUT2D eigenvalue weighted by Gasteiger charge is -2.33. The van der Waals surface area contributed by atoms with Crippen LogP contribution in [-0.4, -0.2) is 36.1 Å². The molecular weight excluding hydrogens is 226 g/mol. The standard InChI is InChI=1S/C14H23N3O/c1-11(15)12-6-8-17(9-7-12)10-13-4-3-5-14(16-13)18-2/h3-5,11-12H,6-10,15H2,1-2H3. The molecule has 1 aromatic heterocycles. The van der Waals surface area contributed by atoms with Crippen LogP contribution in [0.25, 0.3) is 0 Å². The fraction of sp³-hybridized carbons (Fsp3) is 0.643. The van der Waals surface area contributed by atoms with Crippen LogP contribution in [0.2, 0.25) is 0 Å². The summed E-state index contributed by atoms with van der Waals surface area (Å²) in [5.41, 5.74) is 7.03. The lowest BCUT2D eigenvalue weighted by molar-refractivity contribution is 0.164. The first-order valence-corrected chi connectivity index (χ1v) is 6.67. The molecule has 2 heterocycles. The maximum absolute atomic E-state index is 5.96. The first-order valence-electron chi connectivity index (χ1n) is 6.67. The number of aromatic nitrogens is 1. The zero-order valence-electron chi connectivity index (χ0n) is 11.3. The van der Waals surface area contributed by atoms with Gasteiger partial charge in [-0.05, 0) is 44.8 Å². The Balaban J connectivity index is 1.87. The highest BCUT2D eigenvalue weighted by Crippen LogP contribution is 2.21. The van der Waals surface area contributed by atoms with E-state index in [1.54, 1.807) is 7.11 Å². The molecule has 100 valence electrons. The van der Waals surface area contributed by atoms with Gasteiger partial charge in [0.1, 0.15) is 0 Å². The predicted molar refractivity (Wildman–Crippen MR) is 72.4 cm³/mol. The van der Waals surface area contributed by atoms with Crippen molar-refractivity contribution < 1.29 is 4.74 Å². The van der Waals surface area contributed by atoms with Crippen LogP contribution in [-0.2, 0) is 6.54 Å². The van der Waals surface area contributed by atoms with Crippen molar-refractivity contribution >= 4 is 0 Å². The summed E-state index contributed by atoms with van der Waals surface area (Å²) < 4.78 is 5.15. The first-order chi connectivity index (χ1) is 8.69. The molecule has 18 heavy (non-hydrogen) atoms. The van der Waals surface area contributed by atoms with Crippen LogP contribution in [0, 0.1) is 5.92 Å². The summed E-state index contributed by atoms with van der Waals surface area (Å²) in [5.74, 6) is 1.37. The molecule has 0 bridgehead atoms. The highest BCUT2D eigenvalue weighted by molar-refractivity contribution is 5.15. The molecule has 1 unspecified atom stereocenters. The molecule has 4 nitrogen and oxygen atoms in total. The minimum Gasteiger partial charge on any atom is -0.481 e. The third-order valence-corrected chi connectivity index (χ3v) is 3.75. The van der Waals surface area contributed by atoms with Gasteiger partial charge in [0.05, 0.1) is 12.8 Å². The maximum Gasteiger partial charge on any atom is 0.213 e. The summed E-state index contributed by atoms with van der Waals surface area (Å²) in [6.45, 7) is 5.25. The van der Waals surface area contributed by atoms with Crippen LogP contribution < -0.4 is 10.5 Å². The molecule has 1 aliphatic rings. The first kappa shape index (κ1) is 13.3. The van der Waals surface area contributed by atoms with E-state index in [0.717, 1.165) is 25.3 Å². The molecular formula is C14H23N3O. The Morgan fingerprint density at radius 1 is 1.44 bits per heavy atom. The molecule has 2 rings (SSSR count). The number of likely N-dealkylation sites (tertiary alicyclic amines) is 1. The van der Waals surface area contributed by atoms with E-state index in [4.69, 9.17) is 10.5 Å². The number of hydrogen-bond donors (Lipinski definition) is 1. The molecule has 1 aliphatic heterocycles. The smallest absolute Gasteiger partial charge is 0.213 e. The van der Waals surface area contributed by atoms with Crippen LogP contribution in [0.1, 0.15) is 25.5 Å². The Morgan fingerprint density at radius 2 is 2.17 bits per heavy atom. The van der Waals surface area contributed by atoms with Gasteiger partial charge in [-0.15, -0.1) is 0 Å². The highest BCUT2D eigenvalue weighted by atomic mass is 16.5. The van der Waals surface area contributed by atoms with Crippen molar-refractivity contribution in [2.24, 2.45) is 11.7 Å². The predicted octanol–water partition coefficient (Wildman–Crippen LogP) is 1.65. The lowest BCUT2D eigenvalue weighted by Crippen LogP contribution is -2.39. The van der Waals surface area contributed by atoms with Crippen LogP contribution >= 0.6 is 0 Å². The lowest BCUT2D eigenvalue weighted by atomic mass is 9.91. The van der Waals surface area contributed by atoms with Gasteiger partial charge in [0.25, 0.3) is 0 Å². The number of rotatable bonds is 4. The van der Waals surface area contributed by atoms with Gasteiger partial charge < -0.3 is 10.5 Å². The summed E-state index contributed by atoms with van der Waals surface area (Å²) in [7, 11) is 1.65. The van der Waals surface area contributed by atoms with Gasteiger partial charge in [-0.25, -0.2) is 4.98 Å². The number of ether oxygens (including phenoxy) is 1. The average Bonchev–Trinajstić information content (AvgIpc) is 2.39. The van der Waals surface area contributed by atoms with Gasteiger partial charge >= 0.3 is 0 Å². The summed E-state index contributed by atoms with van der Waals surface area (Å²) in [4.78, 5) is 6.90. The topological polar surface area (TPSA) is 51.4 Å². The normalized spacial score (nSPS) is 19.7. The zero-order chi connectivity index (χ0) is 13.0. The number of hydrogen-bond acceptors (Lipinski definition) is 4. The van der Waals surface area contributed by atoms with Crippen LogP contribution in [0.3, 0.4) is 0 Å². The van der Waals surface area contributed by atoms with Crippen molar-refractivity contribution in [1.29, 1.82) is 0 Å². The molecule has 0 saturated carbocycles. The molecule has 1 aromatic rings. The maximum atomic E-state index is 5.96. The number of methoxy groups -OCH3 is 1. The van der Waals surface area contributed by atoms with E-state index in [0.29, 0.717) is 17.8 Å². The van der Waals surface area contributed by atoms with E-state index in [9.17, 15) is 0 Å². The molecule has 0 aliphatic carbocycles. The molecule has 0 aromatic carbocycles. The Hall–Kier alpha value is -1.13. The van der Waals surface area contributed by atoms with Crippen molar-refractivity contribution in [3.8, 4) is 5.88 Å². The van der Waals surface area contributed by atoms with Crippen molar-refractivity contribution in [3.05, 3.63) is 23.9 Å². The molecule has 2 N–H and O–H groups in total. The van der Waals surface area contributed by atoms with E-state index < -0.39 is 0 Å². The van der Waals surface area contributed by atoms with Crippen molar-refractivity contribution in [2.75, 3.05) is 20.2 Å². The molecule has 1 fully saturated rings. The van der Waals surface area contributed by atoms with Crippen LogP contribution in [0.15, 0.2) is 18.2 Å². The van der Waals surface area contributed by atoms with Crippen LogP contribution in [0.4, 0.5) is 0 Å². The van der Waals surface area contributed by atoms with Gasteiger partial charge in [0.2, 0.25) is 5.88 Å². The minimum atomic E-state index is 0.321. The molecule has 1 atom stereocenters. The Morgan fingerprint density at radius 3 is 2.78 bits per heavy atom. The monoisotopic (exact) mass is 249 g/mol.